The number of halogens is 4. The average molecular weight is 585 g/mol. The molecule has 0 radical (unpaired) electrons. The molecule has 3 atom stereocenters. The molecule has 6 nitrogen and oxygen atoms in total. The summed E-state index contributed by atoms with van der Waals surface area (Å²) in [5.41, 5.74) is 3.59. The first kappa shape index (κ1) is 31.7. The summed E-state index contributed by atoms with van der Waals surface area (Å²) >= 11 is 0. The molecule has 39 heavy (non-hydrogen) atoms. The van der Waals surface area contributed by atoms with E-state index >= 15 is 0 Å². The van der Waals surface area contributed by atoms with Gasteiger partial charge in [0.2, 0.25) is 5.91 Å². The molecule has 1 N–H and O–H groups in total. The van der Waals surface area contributed by atoms with Gasteiger partial charge in [-0.2, -0.15) is 0 Å². The van der Waals surface area contributed by atoms with Crippen molar-refractivity contribution in [3.05, 3.63) is 59.2 Å². The number of nitrogens with one attached hydrogen (secondary N) is 1. The second-order valence-corrected chi connectivity index (χ2v) is 11.8. The number of piperazine rings is 1. The van der Waals surface area contributed by atoms with E-state index in [0.29, 0.717) is 38.5 Å². The molecule has 0 aliphatic carbocycles. The molecule has 216 valence electrons. The van der Waals surface area contributed by atoms with E-state index in [4.69, 9.17) is 4.98 Å². The predicted octanol–water partition coefficient (Wildman–Crippen LogP) is 4.38. The third-order valence-electron chi connectivity index (χ3n) is 8.01. The van der Waals surface area contributed by atoms with Crippen LogP contribution in [0, 0.1) is 5.82 Å². The second kappa shape index (κ2) is 13.2. The van der Waals surface area contributed by atoms with Crippen molar-refractivity contribution in [1.82, 2.24) is 20.1 Å². The van der Waals surface area contributed by atoms with Crippen molar-refractivity contribution in [2.75, 3.05) is 50.7 Å². The van der Waals surface area contributed by atoms with Crippen molar-refractivity contribution in [3.8, 4) is 0 Å². The lowest BCUT2D eigenvalue weighted by Crippen LogP contribution is -2.61. The molecule has 5 rings (SSSR count). The molecule has 2 fully saturated rings. The highest BCUT2D eigenvalue weighted by Gasteiger charge is 2.41. The zero-order valence-corrected chi connectivity index (χ0v) is 24.7. The van der Waals surface area contributed by atoms with Gasteiger partial charge in [-0.25, -0.2) is 8.78 Å². The van der Waals surface area contributed by atoms with Crippen LogP contribution in [-0.4, -0.2) is 84.8 Å². The van der Waals surface area contributed by atoms with Crippen molar-refractivity contribution in [3.63, 3.8) is 0 Å². The van der Waals surface area contributed by atoms with Crippen LogP contribution in [0.15, 0.2) is 36.5 Å². The topological polar surface area (TPSA) is 51.7 Å². The van der Waals surface area contributed by atoms with E-state index in [9.17, 15) is 13.6 Å². The first-order valence-corrected chi connectivity index (χ1v) is 13.6. The largest absolute Gasteiger partial charge is 0.311 e. The molecule has 2 aromatic rings. The minimum absolute atomic E-state index is 0. The van der Waals surface area contributed by atoms with Crippen molar-refractivity contribution in [1.29, 1.82) is 0 Å². The highest BCUT2D eigenvalue weighted by Crippen LogP contribution is 2.39. The Bertz CT molecular complexity index is 1120. The van der Waals surface area contributed by atoms with Gasteiger partial charge in [-0.15, -0.1) is 24.8 Å². The summed E-state index contributed by atoms with van der Waals surface area (Å²) in [4.78, 5) is 25.0. The zero-order chi connectivity index (χ0) is 26.2. The number of amides is 1. The summed E-state index contributed by atoms with van der Waals surface area (Å²) in [6.45, 7) is 11.1. The molecule has 10 heteroatoms. The molecule has 3 aliphatic heterocycles. The standard InChI is InChI=1S/C29H39F2N5O.2ClH/c1-20-15-35(25(14-32-20)17-34-10-4-5-24(31)16-34)18-27(37)36-19-29(2,3)28-26(36)12-22(13-33-28)11-21-6-8-23(30)9-7-21;;/h6-9,12-13,20,24-25,32H,4-5,10-11,14-19H2,1-3H3;2*1H/t20-,24-,25-;;/m1../s1. The van der Waals surface area contributed by atoms with Crippen molar-refractivity contribution in [2.24, 2.45) is 0 Å². The van der Waals surface area contributed by atoms with Crippen molar-refractivity contribution < 1.29 is 13.6 Å². The third kappa shape index (κ3) is 7.47. The predicted molar refractivity (Wildman–Crippen MR) is 157 cm³/mol. The number of hydrogen-bond donors (Lipinski definition) is 1. The van der Waals surface area contributed by atoms with Gasteiger partial charge in [0.05, 0.1) is 17.9 Å². The number of rotatable bonds is 6. The van der Waals surface area contributed by atoms with Gasteiger partial charge in [0, 0.05) is 56.4 Å². The molecular weight excluding hydrogens is 543 g/mol. The number of aromatic nitrogens is 1. The highest BCUT2D eigenvalue weighted by atomic mass is 35.5. The number of fused-ring (bicyclic) bond motifs is 1. The lowest BCUT2D eigenvalue weighted by Gasteiger charge is -2.42. The van der Waals surface area contributed by atoms with E-state index in [1.807, 2.05) is 11.1 Å². The van der Waals surface area contributed by atoms with Gasteiger partial charge in [0.15, 0.2) is 0 Å². The Labute approximate surface area is 243 Å². The molecule has 1 aromatic carbocycles. The number of alkyl halides is 1. The smallest absolute Gasteiger partial charge is 0.241 e. The summed E-state index contributed by atoms with van der Waals surface area (Å²) in [6.07, 6.45) is 3.30. The molecule has 0 unspecified atom stereocenters. The van der Waals surface area contributed by atoms with Gasteiger partial charge < -0.3 is 10.2 Å². The summed E-state index contributed by atoms with van der Waals surface area (Å²) in [7, 11) is 0. The molecule has 1 amide bonds. The van der Waals surface area contributed by atoms with Crippen LogP contribution in [0.4, 0.5) is 14.5 Å². The van der Waals surface area contributed by atoms with Crippen LogP contribution in [0.2, 0.25) is 0 Å². The Kier molecular flexibility index (Phi) is 10.7. The van der Waals surface area contributed by atoms with Crippen LogP contribution in [-0.2, 0) is 16.6 Å². The fourth-order valence-electron chi connectivity index (χ4n) is 6.06. The monoisotopic (exact) mass is 583 g/mol. The van der Waals surface area contributed by atoms with Gasteiger partial charge in [0.1, 0.15) is 12.0 Å². The lowest BCUT2D eigenvalue weighted by molar-refractivity contribution is -0.120. The van der Waals surface area contributed by atoms with E-state index in [-0.39, 0.29) is 48.0 Å². The van der Waals surface area contributed by atoms with E-state index in [0.717, 1.165) is 55.1 Å². The van der Waals surface area contributed by atoms with E-state index in [1.165, 1.54) is 12.1 Å². The minimum Gasteiger partial charge on any atom is -0.311 e. The molecule has 4 heterocycles. The second-order valence-electron chi connectivity index (χ2n) is 11.8. The number of benzene rings is 1. The molecule has 1 aromatic heterocycles. The molecule has 0 bridgehead atoms. The van der Waals surface area contributed by atoms with E-state index < -0.39 is 6.17 Å². The summed E-state index contributed by atoms with van der Waals surface area (Å²) in [5, 5.41) is 3.55. The van der Waals surface area contributed by atoms with Crippen LogP contribution in [0.25, 0.3) is 0 Å². The Morgan fingerprint density at radius 2 is 1.90 bits per heavy atom. The Morgan fingerprint density at radius 1 is 1.15 bits per heavy atom. The van der Waals surface area contributed by atoms with Gasteiger partial charge in [-0.05, 0) is 62.1 Å². The van der Waals surface area contributed by atoms with Crippen LogP contribution >= 0.6 is 24.8 Å². The summed E-state index contributed by atoms with van der Waals surface area (Å²) in [5.74, 6) is -0.173. The zero-order valence-electron chi connectivity index (χ0n) is 23.0. The number of likely N-dealkylation sites (tertiary alicyclic amines) is 1. The Balaban J connectivity index is 0.00000210. The molecule has 0 spiro atoms. The first-order chi connectivity index (χ1) is 17.7. The van der Waals surface area contributed by atoms with Gasteiger partial charge in [-0.3, -0.25) is 19.6 Å². The molecule has 2 saturated heterocycles. The minimum atomic E-state index is -0.751. The maximum absolute atomic E-state index is 14.0. The maximum atomic E-state index is 14.0. The Hall–Kier alpha value is -1.84. The molecule has 3 aliphatic rings. The molecule has 0 saturated carbocycles. The number of carbonyl (C=O) groups excluding carboxylic acids is 1. The number of pyridine rings is 1. The molecular formula is C29H41Cl2F2N5O. The van der Waals surface area contributed by atoms with E-state index in [2.05, 4.69) is 42.0 Å². The highest BCUT2D eigenvalue weighted by molar-refractivity contribution is 5.97. The number of nitrogens with zero attached hydrogens (tertiary/aromatic N) is 4. The Morgan fingerprint density at radius 3 is 2.62 bits per heavy atom. The summed E-state index contributed by atoms with van der Waals surface area (Å²) < 4.78 is 27.3. The first-order valence-electron chi connectivity index (χ1n) is 13.6. The average Bonchev–Trinajstić information content (AvgIpc) is 3.12. The summed E-state index contributed by atoms with van der Waals surface area (Å²) in [6, 6.07) is 9.05. The van der Waals surface area contributed by atoms with Crippen LogP contribution in [0.5, 0.6) is 0 Å². The number of hydrogen-bond acceptors (Lipinski definition) is 5. The van der Waals surface area contributed by atoms with Gasteiger partial charge >= 0.3 is 0 Å². The number of piperidine rings is 1. The van der Waals surface area contributed by atoms with Crippen LogP contribution in [0.1, 0.15) is 50.4 Å². The maximum Gasteiger partial charge on any atom is 0.241 e. The fraction of sp³-hybridized carbons (Fsp3) is 0.586. The third-order valence-corrected chi connectivity index (χ3v) is 8.01. The fourth-order valence-corrected chi connectivity index (χ4v) is 6.06. The van der Waals surface area contributed by atoms with E-state index in [1.54, 1.807) is 12.1 Å². The SMILES string of the molecule is C[C@@H]1CN(CC(=O)N2CC(C)(C)c3ncc(Cc4ccc(F)cc4)cc32)[C@@H](CN2CCC[C@@H](F)C2)CN1.Cl.Cl. The van der Waals surface area contributed by atoms with Crippen LogP contribution < -0.4 is 10.2 Å². The lowest BCUT2D eigenvalue weighted by atomic mass is 9.91. The van der Waals surface area contributed by atoms with Gasteiger partial charge in [-0.1, -0.05) is 26.0 Å². The quantitative estimate of drug-likeness (QED) is 0.547. The number of carbonyl (C=O) groups is 1. The van der Waals surface area contributed by atoms with Crippen LogP contribution in [0.3, 0.4) is 0 Å². The number of anilines is 1. The normalized spacial score (nSPS) is 24.9. The van der Waals surface area contributed by atoms with Crippen molar-refractivity contribution in [2.45, 2.75) is 63.7 Å². The van der Waals surface area contributed by atoms with Gasteiger partial charge in [0.25, 0.3) is 0 Å². The van der Waals surface area contributed by atoms with Crippen molar-refractivity contribution >= 4 is 36.4 Å².